The topological polar surface area (TPSA) is 81.4 Å². The zero-order chi connectivity index (χ0) is 16.5. The average molecular weight is 321 g/mol. The van der Waals surface area contributed by atoms with Gasteiger partial charge in [0.05, 0.1) is 6.54 Å². The zero-order valence-electron chi connectivity index (χ0n) is 13.8. The summed E-state index contributed by atoms with van der Waals surface area (Å²) in [4.78, 5) is 17.7. The van der Waals surface area contributed by atoms with E-state index in [4.69, 9.17) is 0 Å². The van der Waals surface area contributed by atoms with Crippen molar-refractivity contribution in [3.63, 3.8) is 0 Å². The Bertz CT molecular complexity index is 857. The normalized spacial score (nSPS) is 16.7. The van der Waals surface area contributed by atoms with Crippen molar-refractivity contribution in [1.82, 2.24) is 29.7 Å². The number of anilines is 1. The van der Waals surface area contributed by atoms with Gasteiger partial charge in [-0.1, -0.05) is 0 Å². The average Bonchev–Trinajstić information content (AvgIpc) is 2.94. The smallest absolute Gasteiger partial charge is 0.161 e. The van der Waals surface area contributed by atoms with Gasteiger partial charge in [-0.15, -0.1) is 0 Å². The molecule has 1 aliphatic rings. The molecule has 0 saturated heterocycles. The Morgan fingerprint density at radius 2 is 1.96 bits per heavy atom. The number of nitrogens with one attached hydrogen (secondary N) is 1. The van der Waals surface area contributed by atoms with Crippen LogP contribution in [-0.4, -0.2) is 35.8 Å². The lowest BCUT2D eigenvalue weighted by atomic mass is 10.1. The van der Waals surface area contributed by atoms with Crippen LogP contribution in [0.2, 0.25) is 0 Å². The molecule has 0 fully saturated rings. The van der Waals surface area contributed by atoms with Gasteiger partial charge < -0.3 is 5.32 Å². The van der Waals surface area contributed by atoms with Crippen LogP contribution in [0.15, 0.2) is 30.6 Å². The highest BCUT2D eigenvalue weighted by atomic mass is 15.4. The first-order chi connectivity index (χ1) is 11.7. The molecular weight excluding hydrogens is 302 g/mol. The minimum absolute atomic E-state index is 0.290. The molecule has 1 atom stereocenters. The lowest BCUT2D eigenvalue weighted by Crippen LogP contribution is -2.32. The number of fused-ring (bicyclic) bond motifs is 1. The number of hydrogen-bond acceptors (Lipinski definition) is 6. The van der Waals surface area contributed by atoms with Gasteiger partial charge in [0.1, 0.15) is 17.5 Å². The molecule has 4 heterocycles. The molecule has 24 heavy (non-hydrogen) atoms. The number of aromatic nitrogens is 6. The fraction of sp³-hybridized carbons (Fsp3) is 0.353. The summed E-state index contributed by atoms with van der Waals surface area (Å²) in [6.07, 6.45) is 5.46. The summed E-state index contributed by atoms with van der Waals surface area (Å²) < 4.78 is 1.99. The number of pyridine rings is 1. The van der Waals surface area contributed by atoms with Gasteiger partial charge in [0.2, 0.25) is 0 Å². The maximum atomic E-state index is 4.66. The molecule has 0 saturated carbocycles. The Morgan fingerprint density at radius 3 is 2.79 bits per heavy atom. The van der Waals surface area contributed by atoms with Crippen molar-refractivity contribution in [2.45, 2.75) is 39.3 Å². The Balaban J connectivity index is 1.56. The summed E-state index contributed by atoms with van der Waals surface area (Å²) in [5.74, 6) is 3.47. The van der Waals surface area contributed by atoms with Crippen molar-refractivity contribution in [3.05, 3.63) is 47.9 Å². The first kappa shape index (κ1) is 14.7. The molecule has 1 aliphatic heterocycles. The number of rotatable bonds is 3. The third kappa shape index (κ3) is 2.97. The molecule has 0 spiro atoms. The Labute approximate surface area is 140 Å². The van der Waals surface area contributed by atoms with E-state index in [9.17, 15) is 0 Å². The first-order valence-corrected chi connectivity index (χ1v) is 8.10. The maximum absolute atomic E-state index is 4.66. The van der Waals surface area contributed by atoms with Crippen LogP contribution in [0.1, 0.15) is 23.8 Å². The van der Waals surface area contributed by atoms with Gasteiger partial charge in [0.15, 0.2) is 5.82 Å². The predicted octanol–water partition coefficient (Wildman–Crippen LogP) is 2.17. The minimum Gasteiger partial charge on any atom is -0.365 e. The summed E-state index contributed by atoms with van der Waals surface area (Å²) in [5, 5.41) is 7.98. The SMILES string of the molecule is Cc1cc(NC2CCc3nc(C)nn3C2)nc(-c2ccncc2)n1. The van der Waals surface area contributed by atoms with Gasteiger partial charge in [-0.2, -0.15) is 5.10 Å². The Morgan fingerprint density at radius 1 is 1.12 bits per heavy atom. The number of hydrogen-bond donors (Lipinski definition) is 1. The molecule has 4 rings (SSSR count). The lowest BCUT2D eigenvalue weighted by Gasteiger charge is -2.24. The van der Waals surface area contributed by atoms with E-state index >= 15 is 0 Å². The highest BCUT2D eigenvalue weighted by molar-refractivity contribution is 5.56. The third-order valence-electron chi connectivity index (χ3n) is 4.11. The summed E-state index contributed by atoms with van der Waals surface area (Å²) in [5.41, 5.74) is 1.90. The molecular formula is C17H19N7. The molecule has 0 aromatic carbocycles. The molecule has 7 heteroatoms. The van der Waals surface area contributed by atoms with Crippen molar-refractivity contribution in [3.8, 4) is 11.4 Å². The largest absolute Gasteiger partial charge is 0.365 e. The summed E-state index contributed by atoms with van der Waals surface area (Å²) in [7, 11) is 0. The molecule has 0 bridgehead atoms. The van der Waals surface area contributed by atoms with E-state index in [1.54, 1.807) is 12.4 Å². The zero-order valence-corrected chi connectivity index (χ0v) is 13.8. The van der Waals surface area contributed by atoms with Gasteiger partial charge >= 0.3 is 0 Å². The number of aryl methyl sites for hydroxylation is 3. The predicted molar refractivity (Wildman–Crippen MR) is 90.5 cm³/mol. The molecule has 0 aliphatic carbocycles. The maximum Gasteiger partial charge on any atom is 0.161 e. The molecule has 122 valence electrons. The fourth-order valence-corrected chi connectivity index (χ4v) is 3.03. The highest BCUT2D eigenvalue weighted by Gasteiger charge is 2.21. The molecule has 1 N–H and O–H groups in total. The van der Waals surface area contributed by atoms with E-state index in [0.29, 0.717) is 5.82 Å². The van der Waals surface area contributed by atoms with Crippen LogP contribution in [0.25, 0.3) is 11.4 Å². The fourth-order valence-electron chi connectivity index (χ4n) is 3.03. The Kier molecular flexibility index (Phi) is 3.68. The van der Waals surface area contributed by atoms with E-state index in [1.165, 1.54) is 0 Å². The van der Waals surface area contributed by atoms with E-state index in [1.807, 2.05) is 36.7 Å². The van der Waals surface area contributed by atoms with Gasteiger partial charge in [0.25, 0.3) is 0 Å². The van der Waals surface area contributed by atoms with Crippen LogP contribution in [0, 0.1) is 13.8 Å². The second-order valence-electron chi connectivity index (χ2n) is 6.09. The van der Waals surface area contributed by atoms with Crippen molar-refractivity contribution < 1.29 is 0 Å². The minimum atomic E-state index is 0.290. The molecule has 3 aromatic rings. The van der Waals surface area contributed by atoms with Gasteiger partial charge in [-0.25, -0.2) is 19.6 Å². The van der Waals surface area contributed by atoms with Crippen molar-refractivity contribution in [2.24, 2.45) is 0 Å². The van der Waals surface area contributed by atoms with Crippen molar-refractivity contribution in [1.29, 1.82) is 0 Å². The standard InChI is InChI=1S/C17H19N7/c1-11-9-15(22-17(19-11)13-5-7-18-8-6-13)21-14-3-4-16-20-12(2)23-24(16)10-14/h5-9,14H,3-4,10H2,1-2H3,(H,19,21,22). The second-order valence-corrected chi connectivity index (χ2v) is 6.09. The van der Waals surface area contributed by atoms with Crippen LogP contribution in [0.4, 0.5) is 5.82 Å². The first-order valence-electron chi connectivity index (χ1n) is 8.10. The van der Waals surface area contributed by atoms with Crippen molar-refractivity contribution >= 4 is 5.82 Å². The molecule has 7 nitrogen and oxygen atoms in total. The monoisotopic (exact) mass is 321 g/mol. The second kappa shape index (κ2) is 5.99. The van der Waals surface area contributed by atoms with Crippen LogP contribution in [0.5, 0.6) is 0 Å². The lowest BCUT2D eigenvalue weighted by molar-refractivity contribution is 0.440. The van der Waals surface area contributed by atoms with E-state index < -0.39 is 0 Å². The third-order valence-corrected chi connectivity index (χ3v) is 4.11. The van der Waals surface area contributed by atoms with Crippen LogP contribution < -0.4 is 5.32 Å². The van der Waals surface area contributed by atoms with Crippen molar-refractivity contribution in [2.75, 3.05) is 5.32 Å². The quantitative estimate of drug-likeness (QED) is 0.796. The van der Waals surface area contributed by atoms with Crippen LogP contribution >= 0.6 is 0 Å². The van der Waals surface area contributed by atoms with Gasteiger partial charge in [-0.05, 0) is 32.4 Å². The highest BCUT2D eigenvalue weighted by Crippen LogP contribution is 2.20. The number of nitrogens with zero attached hydrogens (tertiary/aromatic N) is 6. The van der Waals surface area contributed by atoms with Gasteiger partial charge in [0, 0.05) is 42.2 Å². The van der Waals surface area contributed by atoms with E-state index in [2.05, 4.69) is 30.4 Å². The molecule has 3 aromatic heterocycles. The summed E-state index contributed by atoms with van der Waals surface area (Å²) in [6, 6.07) is 6.11. The molecule has 0 amide bonds. The summed E-state index contributed by atoms with van der Waals surface area (Å²) in [6.45, 7) is 4.73. The summed E-state index contributed by atoms with van der Waals surface area (Å²) >= 11 is 0. The van der Waals surface area contributed by atoms with E-state index in [0.717, 1.165) is 48.1 Å². The molecule has 1 unspecified atom stereocenters. The van der Waals surface area contributed by atoms with E-state index in [-0.39, 0.29) is 6.04 Å². The van der Waals surface area contributed by atoms with Gasteiger partial charge in [-0.3, -0.25) is 4.98 Å². The van der Waals surface area contributed by atoms with Crippen LogP contribution in [-0.2, 0) is 13.0 Å². The van der Waals surface area contributed by atoms with Crippen LogP contribution in [0.3, 0.4) is 0 Å². The molecule has 0 radical (unpaired) electrons. The Hall–Kier alpha value is -2.83.